The topological polar surface area (TPSA) is 74.0 Å². The molecule has 0 aliphatic carbocycles. The Bertz CT molecular complexity index is 961. The second-order valence-electron chi connectivity index (χ2n) is 5.66. The summed E-state index contributed by atoms with van der Waals surface area (Å²) in [5, 5.41) is 4.29. The van der Waals surface area contributed by atoms with E-state index >= 15 is 0 Å². The molecule has 0 atom stereocenters. The third kappa shape index (κ3) is 3.88. The van der Waals surface area contributed by atoms with E-state index < -0.39 is 0 Å². The molecule has 136 valence electrons. The van der Waals surface area contributed by atoms with Gasteiger partial charge < -0.3 is 10.3 Å². The zero-order valence-electron chi connectivity index (χ0n) is 14.0. The largest absolute Gasteiger partial charge is 0.330 e. The Morgan fingerprint density at radius 1 is 0.962 bits per heavy atom. The molecule has 8 heteroatoms. The molecule has 26 heavy (non-hydrogen) atoms. The summed E-state index contributed by atoms with van der Waals surface area (Å²) < 4.78 is 3.97. The van der Waals surface area contributed by atoms with Crippen molar-refractivity contribution in [2.45, 2.75) is 13.0 Å². The number of nitrogens with zero attached hydrogens (tertiary/aromatic N) is 5. The van der Waals surface area contributed by atoms with Crippen LogP contribution in [0.25, 0.3) is 17.0 Å². The van der Waals surface area contributed by atoms with Gasteiger partial charge in [-0.2, -0.15) is 5.10 Å². The Hall–Kier alpha value is -2.41. The van der Waals surface area contributed by atoms with Crippen molar-refractivity contribution < 1.29 is 0 Å². The predicted octanol–water partition coefficient (Wildman–Crippen LogP) is 2.99. The minimum atomic E-state index is 0. The second-order valence-corrected chi connectivity index (χ2v) is 5.66. The summed E-state index contributed by atoms with van der Waals surface area (Å²) in [4.78, 5) is 8.75. The number of fused-ring (bicyclic) bond motifs is 1. The molecule has 0 radical (unpaired) electrons. The van der Waals surface area contributed by atoms with Crippen molar-refractivity contribution in [3.8, 4) is 11.4 Å². The van der Waals surface area contributed by atoms with Gasteiger partial charge in [0.15, 0.2) is 5.65 Å². The van der Waals surface area contributed by atoms with Gasteiger partial charge in [-0.25, -0.2) is 14.5 Å². The van der Waals surface area contributed by atoms with Crippen LogP contribution in [-0.2, 0) is 13.0 Å². The van der Waals surface area contributed by atoms with Crippen molar-refractivity contribution in [1.29, 1.82) is 0 Å². The highest BCUT2D eigenvalue weighted by molar-refractivity contribution is 5.85. The van der Waals surface area contributed by atoms with Crippen molar-refractivity contribution in [3.63, 3.8) is 0 Å². The number of aromatic nitrogens is 5. The van der Waals surface area contributed by atoms with Crippen molar-refractivity contribution in [2.24, 2.45) is 5.73 Å². The highest BCUT2D eigenvalue weighted by Gasteiger charge is 2.09. The van der Waals surface area contributed by atoms with Gasteiger partial charge in [0.1, 0.15) is 12.2 Å². The number of imidazole rings is 1. The molecule has 6 nitrogen and oxygen atoms in total. The number of benzene rings is 1. The van der Waals surface area contributed by atoms with Crippen LogP contribution in [0, 0.1) is 0 Å². The van der Waals surface area contributed by atoms with Crippen LogP contribution < -0.4 is 5.73 Å². The first-order valence-corrected chi connectivity index (χ1v) is 7.93. The first-order chi connectivity index (χ1) is 11.8. The van der Waals surface area contributed by atoms with E-state index in [1.807, 2.05) is 29.0 Å². The van der Waals surface area contributed by atoms with Gasteiger partial charge in [-0.1, -0.05) is 30.3 Å². The van der Waals surface area contributed by atoms with Gasteiger partial charge in [0.25, 0.3) is 0 Å². The molecule has 0 fully saturated rings. The molecule has 0 spiro atoms. The summed E-state index contributed by atoms with van der Waals surface area (Å²) in [5.74, 6) is 0.936. The minimum Gasteiger partial charge on any atom is -0.330 e. The van der Waals surface area contributed by atoms with Crippen molar-refractivity contribution in [2.75, 3.05) is 6.54 Å². The van der Waals surface area contributed by atoms with E-state index in [2.05, 4.69) is 50.0 Å². The van der Waals surface area contributed by atoms with Gasteiger partial charge in [0, 0.05) is 18.0 Å². The molecule has 0 saturated carbocycles. The van der Waals surface area contributed by atoms with Crippen molar-refractivity contribution >= 4 is 30.5 Å². The van der Waals surface area contributed by atoms with Crippen LogP contribution in [0.3, 0.4) is 0 Å². The van der Waals surface area contributed by atoms with Crippen LogP contribution in [0.5, 0.6) is 0 Å². The molecule has 3 aromatic heterocycles. The first-order valence-electron chi connectivity index (χ1n) is 7.93. The van der Waals surface area contributed by atoms with Crippen LogP contribution >= 0.6 is 24.8 Å². The Labute approximate surface area is 163 Å². The monoisotopic (exact) mass is 390 g/mol. The number of hydrogen-bond donors (Lipinski definition) is 1. The highest BCUT2D eigenvalue weighted by atomic mass is 35.5. The van der Waals surface area contributed by atoms with Gasteiger partial charge >= 0.3 is 0 Å². The van der Waals surface area contributed by atoms with Gasteiger partial charge in [0.05, 0.1) is 12.2 Å². The summed E-state index contributed by atoms with van der Waals surface area (Å²) in [6.45, 7) is 1.34. The molecule has 0 aliphatic rings. The Balaban J connectivity index is 0.00000121. The third-order valence-corrected chi connectivity index (χ3v) is 4.07. The maximum absolute atomic E-state index is 5.61. The number of pyridine rings is 1. The van der Waals surface area contributed by atoms with E-state index in [0.717, 1.165) is 29.1 Å². The fraction of sp³-hybridized carbons (Fsp3) is 0.167. The van der Waals surface area contributed by atoms with E-state index in [1.165, 1.54) is 5.56 Å². The normalized spacial score (nSPS) is 10.3. The number of nitrogens with two attached hydrogens (primary N) is 1. The van der Waals surface area contributed by atoms with E-state index in [0.29, 0.717) is 13.1 Å². The molecule has 0 amide bonds. The second kappa shape index (κ2) is 8.80. The average Bonchev–Trinajstić information content (AvgIpc) is 3.25. The molecule has 4 aromatic rings. The lowest BCUT2D eigenvalue weighted by Gasteiger charge is -2.10. The van der Waals surface area contributed by atoms with Gasteiger partial charge in [-0.05, 0) is 30.7 Å². The Kier molecular flexibility index (Phi) is 6.74. The van der Waals surface area contributed by atoms with Gasteiger partial charge in [-0.3, -0.25) is 0 Å². The lowest BCUT2D eigenvalue weighted by atomic mass is 10.1. The van der Waals surface area contributed by atoms with Crippen molar-refractivity contribution in [1.82, 2.24) is 24.1 Å². The maximum atomic E-state index is 5.61. The lowest BCUT2D eigenvalue weighted by molar-refractivity contribution is 0.740. The summed E-state index contributed by atoms with van der Waals surface area (Å²) in [6.07, 6.45) is 6.27. The standard InChI is InChI=1S/C18H18N6.2ClH/c19-9-8-14-4-6-15(7-5-14)18-20-10-11-23(18)12-16-2-1-3-17-21-13-22-24(16)17;;/h1-7,10-11,13H,8-9,12,19H2;2*1H. The van der Waals surface area contributed by atoms with E-state index in [-0.39, 0.29) is 24.8 Å². The molecule has 4 rings (SSSR count). The SMILES string of the molecule is Cl.Cl.NCCc1ccc(-c2nccn2Cc2cccc3ncnn23)cc1. The lowest BCUT2D eigenvalue weighted by Crippen LogP contribution is -2.07. The molecule has 0 unspecified atom stereocenters. The van der Waals surface area contributed by atoms with Gasteiger partial charge in [-0.15, -0.1) is 24.8 Å². The zero-order valence-corrected chi connectivity index (χ0v) is 15.7. The third-order valence-electron chi connectivity index (χ3n) is 4.07. The molecule has 0 saturated heterocycles. The van der Waals surface area contributed by atoms with Crippen molar-refractivity contribution in [3.05, 3.63) is 72.4 Å². The smallest absolute Gasteiger partial charge is 0.155 e. The van der Waals surface area contributed by atoms with Gasteiger partial charge in [0.2, 0.25) is 0 Å². The van der Waals surface area contributed by atoms with Crippen LogP contribution in [0.1, 0.15) is 11.3 Å². The molecular formula is C18H20Cl2N6. The summed E-state index contributed by atoms with van der Waals surface area (Å²) >= 11 is 0. The number of rotatable bonds is 5. The van der Waals surface area contributed by atoms with Crippen LogP contribution in [-0.4, -0.2) is 30.7 Å². The molecule has 1 aromatic carbocycles. The summed E-state index contributed by atoms with van der Waals surface area (Å²) in [6, 6.07) is 14.4. The number of hydrogen-bond acceptors (Lipinski definition) is 4. The minimum absolute atomic E-state index is 0. The van der Waals surface area contributed by atoms with Crippen LogP contribution in [0.15, 0.2) is 61.2 Å². The fourth-order valence-corrected chi connectivity index (χ4v) is 2.88. The zero-order chi connectivity index (χ0) is 16.4. The Morgan fingerprint density at radius 3 is 2.54 bits per heavy atom. The first kappa shape index (κ1) is 19.9. The highest BCUT2D eigenvalue weighted by Crippen LogP contribution is 2.19. The summed E-state index contributed by atoms with van der Waals surface area (Å²) in [5.41, 5.74) is 9.85. The van der Waals surface area contributed by atoms with Crippen LogP contribution in [0.2, 0.25) is 0 Å². The fourth-order valence-electron chi connectivity index (χ4n) is 2.88. The predicted molar refractivity (Wildman–Crippen MR) is 107 cm³/mol. The maximum Gasteiger partial charge on any atom is 0.155 e. The quantitative estimate of drug-likeness (QED) is 0.568. The van der Waals surface area contributed by atoms with Crippen LogP contribution in [0.4, 0.5) is 0 Å². The van der Waals surface area contributed by atoms with E-state index in [4.69, 9.17) is 5.73 Å². The van der Waals surface area contributed by atoms with E-state index in [1.54, 1.807) is 6.33 Å². The number of halogens is 2. The Morgan fingerprint density at radius 2 is 1.77 bits per heavy atom. The molecular weight excluding hydrogens is 371 g/mol. The molecule has 2 N–H and O–H groups in total. The molecule has 0 bridgehead atoms. The summed E-state index contributed by atoms with van der Waals surface area (Å²) in [7, 11) is 0. The molecule has 0 aliphatic heterocycles. The average molecular weight is 391 g/mol. The molecule has 3 heterocycles. The van der Waals surface area contributed by atoms with E-state index in [9.17, 15) is 0 Å².